The van der Waals surface area contributed by atoms with Crippen molar-refractivity contribution in [3.05, 3.63) is 29.7 Å². The number of hydrogen-bond acceptors (Lipinski definition) is 3. The topological polar surface area (TPSA) is 43.1 Å². The van der Waals surface area contributed by atoms with Crippen molar-refractivity contribution >= 4 is 16.9 Å². The van der Waals surface area contributed by atoms with Crippen LogP contribution in [-0.4, -0.2) is 10.8 Å². The van der Waals surface area contributed by atoms with Gasteiger partial charge in [0.05, 0.1) is 5.56 Å². The zero-order valence-corrected chi connectivity index (χ0v) is 6.91. The molecule has 0 saturated heterocycles. The van der Waals surface area contributed by atoms with Crippen molar-refractivity contribution in [2.45, 2.75) is 12.8 Å². The van der Waals surface area contributed by atoms with Crippen LogP contribution in [0, 0.1) is 0 Å². The molecule has 0 unspecified atom stereocenters. The summed E-state index contributed by atoms with van der Waals surface area (Å²) in [4.78, 5) is 15.5. The number of aryl methyl sites for hydroxylation is 1. The maximum absolute atomic E-state index is 11.5. The Morgan fingerprint density at radius 1 is 1.31 bits per heavy atom. The number of ketones is 1. The second kappa shape index (κ2) is 2.19. The molecule has 0 aliphatic heterocycles. The van der Waals surface area contributed by atoms with Crippen molar-refractivity contribution in [1.82, 2.24) is 4.98 Å². The molecular weight excluding hydrogens is 166 g/mol. The zero-order valence-electron chi connectivity index (χ0n) is 6.91. The number of oxazole rings is 1. The molecule has 3 heteroatoms. The van der Waals surface area contributed by atoms with Crippen molar-refractivity contribution in [1.29, 1.82) is 0 Å². The highest BCUT2D eigenvalue weighted by molar-refractivity contribution is 6.08. The third-order valence-electron chi connectivity index (χ3n) is 2.49. The summed E-state index contributed by atoms with van der Waals surface area (Å²) in [6.07, 6.45) is 2.83. The molecule has 0 amide bonds. The first-order valence-corrected chi connectivity index (χ1v) is 4.24. The normalized spacial score (nSPS) is 15.2. The molecular formula is C10H7NO2. The van der Waals surface area contributed by atoms with Gasteiger partial charge in [-0.2, -0.15) is 0 Å². The number of hydrogen-bond donors (Lipinski definition) is 0. The van der Waals surface area contributed by atoms with Gasteiger partial charge in [-0.3, -0.25) is 4.79 Å². The first-order chi connectivity index (χ1) is 6.36. The van der Waals surface area contributed by atoms with E-state index in [9.17, 15) is 4.79 Å². The minimum Gasteiger partial charge on any atom is -0.443 e. The summed E-state index contributed by atoms with van der Waals surface area (Å²) in [5.41, 5.74) is 3.26. The van der Waals surface area contributed by atoms with Gasteiger partial charge in [0.1, 0.15) is 5.52 Å². The van der Waals surface area contributed by atoms with Gasteiger partial charge in [0, 0.05) is 6.42 Å². The van der Waals surface area contributed by atoms with Crippen LogP contribution in [0.3, 0.4) is 0 Å². The van der Waals surface area contributed by atoms with E-state index in [0.717, 1.165) is 23.1 Å². The van der Waals surface area contributed by atoms with Gasteiger partial charge in [-0.05, 0) is 18.1 Å². The number of aromatic nitrogens is 1. The molecule has 0 radical (unpaired) electrons. The SMILES string of the molecule is O=C1CCc2ccc3ncoc3c21. The van der Waals surface area contributed by atoms with Gasteiger partial charge in [0.15, 0.2) is 17.8 Å². The standard InChI is InChI=1S/C10H7NO2/c12-8-4-2-6-1-3-7-10(9(6)8)13-5-11-7/h1,3,5H,2,4H2. The summed E-state index contributed by atoms with van der Waals surface area (Å²) in [5.74, 6) is 0.178. The van der Waals surface area contributed by atoms with Gasteiger partial charge >= 0.3 is 0 Å². The number of nitrogens with zero attached hydrogens (tertiary/aromatic N) is 1. The molecule has 64 valence electrons. The van der Waals surface area contributed by atoms with E-state index in [1.807, 2.05) is 12.1 Å². The van der Waals surface area contributed by atoms with Crippen molar-refractivity contribution in [3.8, 4) is 0 Å². The van der Waals surface area contributed by atoms with Crippen LogP contribution in [-0.2, 0) is 6.42 Å². The molecule has 1 aromatic carbocycles. The van der Waals surface area contributed by atoms with Gasteiger partial charge < -0.3 is 4.42 Å². The lowest BCUT2D eigenvalue weighted by molar-refractivity contribution is 0.0995. The molecule has 0 N–H and O–H groups in total. The first kappa shape index (κ1) is 6.83. The fraction of sp³-hybridized carbons (Fsp3) is 0.200. The third-order valence-corrected chi connectivity index (χ3v) is 2.49. The van der Waals surface area contributed by atoms with E-state index in [2.05, 4.69) is 4.98 Å². The number of fused-ring (bicyclic) bond motifs is 3. The smallest absolute Gasteiger partial charge is 0.182 e. The van der Waals surface area contributed by atoms with Crippen molar-refractivity contribution in [2.75, 3.05) is 0 Å². The number of carbonyl (C=O) groups is 1. The number of carbonyl (C=O) groups excluding carboxylic acids is 1. The Balaban J connectivity index is 2.49. The summed E-state index contributed by atoms with van der Waals surface area (Å²) in [7, 11) is 0. The Morgan fingerprint density at radius 3 is 3.15 bits per heavy atom. The Morgan fingerprint density at radius 2 is 2.23 bits per heavy atom. The molecule has 2 aromatic rings. The summed E-state index contributed by atoms with van der Waals surface area (Å²) >= 11 is 0. The minimum atomic E-state index is 0.178. The minimum absolute atomic E-state index is 0.178. The monoisotopic (exact) mass is 173 g/mol. The molecule has 3 nitrogen and oxygen atoms in total. The van der Waals surface area contributed by atoms with E-state index >= 15 is 0 Å². The number of rotatable bonds is 0. The molecule has 0 fully saturated rings. The molecule has 0 saturated carbocycles. The predicted molar refractivity (Wildman–Crippen MR) is 46.7 cm³/mol. The van der Waals surface area contributed by atoms with E-state index < -0.39 is 0 Å². The van der Waals surface area contributed by atoms with Crippen LogP contribution >= 0.6 is 0 Å². The average Bonchev–Trinajstić information content (AvgIpc) is 2.70. The summed E-state index contributed by atoms with van der Waals surface area (Å²) in [6.45, 7) is 0. The van der Waals surface area contributed by atoms with Gasteiger partial charge in [0.2, 0.25) is 0 Å². The molecule has 1 heterocycles. The summed E-state index contributed by atoms with van der Waals surface area (Å²) in [6, 6.07) is 3.86. The molecule has 0 bridgehead atoms. The first-order valence-electron chi connectivity index (χ1n) is 4.24. The van der Waals surface area contributed by atoms with E-state index in [1.54, 1.807) is 0 Å². The van der Waals surface area contributed by atoms with Gasteiger partial charge in [-0.15, -0.1) is 0 Å². The van der Waals surface area contributed by atoms with E-state index in [0.29, 0.717) is 12.0 Å². The van der Waals surface area contributed by atoms with Crippen LogP contribution in [0.2, 0.25) is 0 Å². The molecule has 0 atom stereocenters. The molecule has 1 aliphatic rings. The zero-order chi connectivity index (χ0) is 8.84. The fourth-order valence-corrected chi connectivity index (χ4v) is 1.86. The molecule has 13 heavy (non-hydrogen) atoms. The van der Waals surface area contributed by atoms with Gasteiger partial charge in [-0.25, -0.2) is 4.98 Å². The fourth-order valence-electron chi connectivity index (χ4n) is 1.86. The van der Waals surface area contributed by atoms with Gasteiger partial charge in [0.25, 0.3) is 0 Å². The second-order valence-electron chi connectivity index (χ2n) is 3.22. The van der Waals surface area contributed by atoms with Crippen molar-refractivity contribution in [2.24, 2.45) is 0 Å². The largest absolute Gasteiger partial charge is 0.443 e. The Bertz CT molecular complexity index is 499. The summed E-state index contributed by atoms with van der Waals surface area (Å²) in [5, 5.41) is 0. The maximum Gasteiger partial charge on any atom is 0.182 e. The van der Waals surface area contributed by atoms with Crippen LogP contribution in [0.15, 0.2) is 22.9 Å². The quantitative estimate of drug-likeness (QED) is 0.611. The molecule has 3 rings (SSSR count). The Hall–Kier alpha value is -1.64. The lowest BCUT2D eigenvalue weighted by atomic mass is 10.1. The maximum atomic E-state index is 11.5. The van der Waals surface area contributed by atoms with Crippen LogP contribution in [0.5, 0.6) is 0 Å². The van der Waals surface area contributed by atoms with Crippen LogP contribution in [0.1, 0.15) is 22.3 Å². The Kier molecular flexibility index (Phi) is 1.15. The van der Waals surface area contributed by atoms with E-state index in [4.69, 9.17) is 4.42 Å². The van der Waals surface area contributed by atoms with Gasteiger partial charge in [-0.1, -0.05) is 6.07 Å². The van der Waals surface area contributed by atoms with E-state index in [1.165, 1.54) is 6.39 Å². The average molecular weight is 173 g/mol. The second-order valence-corrected chi connectivity index (χ2v) is 3.22. The third kappa shape index (κ3) is 0.786. The predicted octanol–water partition coefficient (Wildman–Crippen LogP) is 1.96. The molecule has 1 aliphatic carbocycles. The van der Waals surface area contributed by atoms with Crippen LogP contribution in [0.4, 0.5) is 0 Å². The van der Waals surface area contributed by atoms with Crippen molar-refractivity contribution in [3.63, 3.8) is 0 Å². The summed E-state index contributed by atoms with van der Waals surface area (Å²) < 4.78 is 5.20. The lowest BCUT2D eigenvalue weighted by Gasteiger charge is -1.95. The highest BCUT2D eigenvalue weighted by Crippen LogP contribution is 2.28. The molecule has 1 aromatic heterocycles. The van der Waals surface area contributed by atoms with Crippen LogP contribution in [0.25, 0.3) is 11.1 Å². The molecule has 0 spiro atoms. The van der Waals surface area contributed by atoms with Crippen molar-refractivity contribution < 1.29 is 9.21 Å². The highest BCUT2D eigenvalue weighted by Gasteiger charge is 2.23. The number of benzene rings is 1. The van der Waals surface area contributed by atoms with Crippen LogP contribution < -0.4 is 0 Å². The number of Topliss-reactive ketones (excluding diaryl/α,β-unsaturated/α-hetero) is 1. The van der Waals surface area contributed by atoms with E-state index in [-0.39, 0.29) is 5.78 Å². The lowest BCUT2D eigenvalue weighted by Crippen LogP contribution is -1.91. The Labute approximate surface area is 74.4 Å². The highest BCUT2D eigenvalue weighted by atomic mass is 16.3.